The Bertz CT molecular complexity index is 567. The molecule has 0 bridgehead atoms. The molecule has 0 aromatic heterocycles. The van der Waals surface area contributed by atoms with Gasteiger partial charge in [0.1, 0.15) is 0 Å². The second-order valence-corrected chi connectivity index (χ2v) is 6.68. The predicted octanol–water partition coefficient (Wildman–Crippen LogP) is 2.91. The Morgan fingerprint density at radius 2 is 1.86 bits per heavy atom. The van der Waals surface area contributed by atoms with Crippen molar-refractivity contribution in [3.63, 3.8) is 0 Å². The van der Waals surface area contributed by atoms with Crippen molar-refractivity contribution in [2.45, 2.75) is 23.9 Å². The topological polar surface area (TPSA) is 72.2 Å². The molecule has 1 aromatic rings. The van der Waals surface area contributed by atoms with Crippen molar-refractivity contribution in [1.82, 2.24) is 4.72 Å². The summed E-state index contributed by atoms with van der Waals surface area (Å²) in [6.45, 7) is 0.445. The van der Waals surface area contributed by atoms with Gasteiger partial charge in [-0.3, -0.25) is 0 Å². The van der Waals surface area contributed by atoms with Crippen molar-refractivity contribution >= 4 is 38.4 Å². The fourth-order valence-corrected chi connectivity index (χ4v) is 3.15. The molecular formula is C11H15BrClF3N2O2S. The zero-order valence-electron chi connectivity index (χ0n) is 10.8. The molecule has 0 radical (unpaired) electrons. The maximum absolute atomic E-state index is 12.9. The number of rotatable bonds is 6. The van der Waals surface area contributed by atoms with Gasteiger partial charge >= 0.3 is 6.18 Å². The molecule has 0 unspecified atom stereocenters. The van der Waals surface area contributed by atoms with E-state index in [0.717, 1.165) is 12.1 Å². The maximum atomic E-state index is 12.9. The number of nitrogens with two attached hydrogens (primary N) is 1. The highest BCUT2D eigenvalue weighted by Crippen LogP contribution is 2.35. The minimum Gasteiger partial charge on any atom is -0.330 e. The number of hydrogen-bond donors (Lipinski definition) is 2. The van der Waals surface area contributed by atoms with E-state index in [9.17, 15) is 21.6 Å². The molecule has 0 fully saturated rings. The standard InChI is InChI=1S/C11H14BrF3N2O2S.ClH/c12-8-3-4-10(9(7-8)11(13,14)15)20(18,19)17-6-2-1-5-16;/h3-4,7,17H,1-2,5-6,16H2;1H. The number of alkyl halides is 3. The molecule has 0 aliphatic carbocycles. The Labute approximate surface area is 135 Å². The SMILES string of the molecule is Cl.NCCCCNS(=O)(=O)c1ccc(Br)cc1C(F)(F)F. The van der Waals surface area contributed by atoms with E-state index in [4.69, 9.17) is 5.73 Å². The van der Waals surface area contributed by atoms with Crippen molar-refractivity contribution in [2.24, 2.45) is 5.73 Å². The summed E-state index contributed by atoms with van der Waals surface area (Å²) in [6, 6.07) is 2.93. The average molecular weight is 412 g/mol. The number of nitrogens with one attached hydrogen (secondary N) is 1. The van der Waals surface area contributed by atoms with Crippen LogP contribution in [0.1, 0.15) is 18.4 Å². The largest absolute Gasteiger partial charge is 0.417 e. The third-order valence-electron chi connectivity index (χ3n) is 2.46. The van der Waals surface area contributed by atoms with Crippen LogP contribution in [0, 0.1) is 0 Å². The van der Waals surface area contributed by atoms with Crippen LogP contribution in [0.15, 0.2) is 27.6 Å². The smallest absolute Gasteiger partial charge is 0.330 e. The van der Waals surface area contributed by atoms with Gasteiger partial charge in [-0.2, -0.15) is 13.2 Å². The summed E-state index contributed by atoms with van der Waals surface area (Å²) >= 11 is 2.90. The summed E-state index contributed by atoms with van der Waals surface area (Å²) in [5, 5.41) is 0. The zero-order valence-corrected chi connectivity index (χ0v) is 14.0. The van der Waals surface area contributed by atoms with Gasteiger partial charge in [0.15, 0.2) is 0 Å². The summed E-state index contributed by atoms with van der Waals surface area (Å²) < 4.78 is 64.8. The predicted molar refractivity (Wildman–Crippen MR) is 79.9 cm³/mol. The highest BCUT2D eigenvalue weighted by molar-refractivity contribution is 9.10. The van der Waals surface area contributed by atoms with Crippen LogP contribution in [-0.4, -0.2) is 21.5 Å². The van der Waals surface area contributed by atoms with Gasteiger partial charge in [-0.05, 0) is 37.6 Å². The molecule has 1 aromatic carbocycles. The molecule has 4 nitrogen and oxygen atoms in total. The van der Waals surface area contributed by atoms with Gasteiger partial charge in [0.05, 0.1) is 10.5 Å². The monoisotopic (exact) mass is 410 g/mol. The maximum Gasteiger partial charge on any atom is 0.417 e. The van der Waals surface area contributed by atoms with Crippen LogP contribution >= 0.6 is 28.3 Å². The summed E-state index contributed by atoms with van der Waals surface area (Å²) in [5.74, 6) is 0. The number of benzene rings is 1. The minimum absolute atomic E-state index is 0. The van der Waals surface area contributed by atoms with E-state index in [2.05, 4.69) is 20.7 Å². The fourth-order valence-electron chi connectivity index (χ4n) is 1.51. The highest BCUT2D eigenvalue weighted by atomic mass is 79.9. The van der Waals surface area contributed by atoms with E-state index in [0.29, 0.717) is 19.4 Å². The van der Waals surface area contributed by atoms with Gasteiger partial charge in [0.25, 0.3) is 0 Å². The molecule has 0 saturated carbocycles. The molecular weight excluding hydrogens is 397 g/mol. The van der Waals surface area contributed by atoms with E-state index in [-0.39, 0.29) is 23.4 Å². The Hall–Kier alpha value is -0.350. The minimum atomic E-state index is -4.74. The lowest BCUT2D eigenvalue weighted by Crippen LogP contribution is -2.27. The van der Waals surface area contributed by atoms with Crippen LogP contribution < -0.4 is 10.5 Å². The quantitative estimate of drug-likeness (QED) is 0.707. The van der Waals surface area contributed by atoms with Crippen molar-refractivity contribution < 1.29 is 21.6 Å². The van der Waals surface area contributed by atoms with Gasteiger partial charge in [0, 0.05) is 11.0 Å². The van der Waals surface area contributed by atoms with Crippen LogP contribution in [0.4, 0.5) is 13.2 Å². The van der Waals surface area contributed by atoms with Crippen molar-refractivity contribution in [3.8, 4) is 0 Å². The van der Waals surface area contributed by atoms with E-state index >= 15 is 0 Å². The van der Waals surface area contributed by atoms with Crippen molar-refractivity contribution in [2.75, 3.05) is 13.1 Å². The van der Waals surface area contributed by atoms with Gasteiger partial charge < -0.3 is 5.73 Å². The summed E-state index contributed by atoms with van der Waals surface area (Å²) in [5.41, 5.74) is 4.06. The molecule has 0 aliphatic heterocycles. The third kappa shape index (κ3) is 6.11. The van der Waals surface area contributed by atoms with Crippen LogP contribution in [0.3, 0.4) is 0 Å². The lowest BCUT2D eigenvalue weighted by Gasteiger charge is -2.14. The fraction of sp³-hybridized carbons (Fsp3) is 0.455. The molecule has 0 amide bonds. The molecule has 1 rings (SSSR count). The molecule has 0 saturated heterocycles. The molecule has 3 N–H and O–H groups in total. The first kappa shape index (κ1) is 20.6. The average Bonchev–Trinajstić information content (AvgIpc) is 2.33. The Morgan fingerprint density at radius 1 is 1.24 bits per heavy atom. The van der Waals surface area contributed by atoms with Gasteiger partial charge in [0.2, 0.25) is 10.0 Å². The molecule has 0 aliphatic rings. The van der Waals surface area contributed by atoms with E-state index in [1.165, 1.54) is 6.07 Å². The normalized spacial score (nSPS) is 12.0. The molecule has 0 atom stereocenters. The highest BCUT2D eigenvalue weighted by Gasteiger charge is 2.37. The first-order chi connectivity index (χ1) is 9.18. The molecule has 0 spiro atoms. The van der Waals surface area contributed by atoms with E-state index < -0.39 is 26.7 Å². The lowest BCUT2D eigenvalue weighted by molar-refractivity contribution is -0.139. The summed E-state index contributed by atoms with van der Waals surface area (Å²) in [6.07, 6.45) is -3.69. The molecule has 21 heavy (non-hydrogen) atoms. The zero-order chi connectivity index (χ0) is 15.4. The van der Waals surface area contributed by atoms with Gasteiger partial charge in [-0.15, -0.1) is 12.4 Å². The first-order valence-electron chi connectivity index (χ1n) is 5.75. The summed E-state index contributed by atoms with van der Waals surface area (Å²) in [4.78, 5) is -0.777. The Morgan fingerprint density at radius 3 is 2.38 bits per heavy atom. The van der Waals surface area contributed by atoms with Crippen LogP contribution in [-0.2, 0) is 16.2 Å². The third-order valence-corrected chi connectivity index (χ3v) is 4.47. The second kappa shape index (κ2) is 8.33. The van der Waals surface area contributed by atoms with Crippen molar-refractivity contribution in [3.05, 3.63) is 28.2 Å². The Kier molecular flexibility index (Phi) is 8.19. The number of sulfonamides is 1. The van der Waals surface area contributed by atoms with Crippen LogP contribution in [0.25, 0.3) is 0 Å². The molecule has 10 heteroatoms. The van der Waals surface area contributed by atoms with Crippen molar-refractivity contribution in [1.29, 1.82) is 0 Å². The molecule has 0 heterocycles. The van der Waals surface area contributed by atoms with Gasteiger partial charge in [-0.25, -0.2) is 13.1 Å². The lowest BCUT2D eigenvalue weighted by atomic mass is 10.2. The number of halogens is 5. The van der Waals surface area contributed by atoms with E-state index in [1.54, 1.807) is 0 Å². The summed E-state index contributed by atoms with van der Waals surface area (Å²) in [7, 11) is -4.20. The van der Waals surface area contributed by atoms with Gasteiger partial charge in [-0.1, -0.05) is 15.9 Å². The van der Waals surface area contributed by atoms with Crippen LogP contribution in [0.5, 0.6) is 0 Å². The number of hydrogen-bond acceptors (Lipinski definition) is 3. The van der Waals surface area contributed by atoms with Crippen LogP contribution in [0.2, 0.25) is 0 Å². The molecule has 122 valence electrons. The number of unbranched alkanes of at least 4 members (excludes halogenated alkanes) is 1. The Balaban J connectivity index is 0.00000400. The first-order valence-corrected chi connectivity index (χ1v) is 8.02. The van der Waals surface area contributed by atoms with E-state index in [1.807, 2.05) is 0 Å². The second-order valence-electron chi connectivity index (χ2n) is 4.03.